The van der Waals surface area contributed by atoms with E-state index in [0.29, 0.717) is 32.7 Å². The smallest absolute Gasteiger partial charge is 0.339 e. The summed E-state index contributed by atoms with van der Waals surface area (Å²) in [6.07, 6.45) is 5.65. The molecule has 7 heteroatoms. The van der Waals surface area contributed by atoms with Gasteiger partial charge in [0.2, 0.25) is 0 Å². The van der Waals surface area contributed by atoms with Crippen LogP contribution in [0.3, 0.4) is 0 Å². The van der Waals surface area contributed by atoms with E-state index in [0.717, 1.165) is 25.7 Å². The molecule has 2 aromatic carbocycles. The van der Waals surface area contributed by atoms with Crippen molar-refractivity contribution in [1.29, 1.82) is 0 Å². The highest BCUT2D eigenvalue weighted by molar-refractivity contribution is 6.37. The number of ether oxygens (including phenoxy) is 3. The molecule has 154 valence electrons. The zero-order chi connectivity index (χ0) is 20.8. The van der Waals surface area contributed by atoms with Gasteiger partial charge in [0.05, 0.1) is 29.5 Å². The normalized spacial score (nSPS) is 14.7. The molecule has 0 atom stereocenters. The molecule has 1 saturated carbocycles. The van der Waals surface area contributed by atoms with Crippen molar-refractivity contribution in [3.63, 3.8) is 0 Å². The number of hydrogen-bond acceptors (Lipinski definition) is 4. The average molecular weight is 437 g/mol. The van der Waals surface area contributed by atoms with Gasteiger partial charge in [-0.2, -0.15) is 0 Å². The molecule has 0 aliphatic heterocycles. The number of carboxylic acids is 1. The molecule has 1 N–H and O–H groups in total. The Bertz CT molecular complexity index is 881. The molecule has 0 radical (unpaired) electrons. The van der Waals surface area contributed by atoms with Crippen LogP contribution < -0.4 is 9.47 Å². The Morgan fingerprint density at radius 1 is 1.17 bits per heavy atom. The number of methoxy groups -OCH3 is 1. The Balaban J connectivity index is 1.77. The quantitative estimate of drug-likeness (QED) is 0.408. The van der Waals surface area contributed by atoms with Crippen LogP contribution in [0.1, 0.15) is 36.8 Å². The van der Waals surface area contributed by atoms with Gasteiger partial charge in [-0.25, -0.2) is 4.79 Å². The summed E-state index contributed by atoms with van der Waals surface area (Å²) in [7, 11) is 1.40. The first-order chi connectivity index (χ1) is 14.0. The minimum atomic E-state index is -1.08. The van der Waals surface area contributed by atoms with Crippen LogP contribution in [0, 0.1) is 0 Å². The largest absolute Gasteiger partial charge is 0.503 e. The fourth-order valence-electron chi connectivity index (χ4n) is 3.32. The zero-order valence-corrected chi connectivity index (χ0v) is 17.5. The van der Waals surface area contributed by atoms with Crippen molar-refractivity contribution >= 4 is 34.7 Å². The molecule has 1 aliphatic rings. The van der Waals surface area contributed by atoms with Crippen LogP contribution in [0.4, 0.5) is 0 Å². The Hall–Kier alpha value is -2.37. The fraction of sp³-hybridized carbons (Fsp3) is 0.318. The van der Waals surface area contributed by atoms with E-state index in [-0.39, 0.29) is 18.3 Å². The van der Waals surface area contributed by atoms with Crippen molar-refractivity contribution in [2.24, 2.45) is 0 Å². The Morgan fingerprint density at radius 2 is 1.83 bits per heavy atom. The Labute approximate surface area is 179 Å². The third-order valence-corrected chi connectivity index (χ3v) is 5.29. The number of halogens is 2. The van der Waals surface area contributed by atoms with Gasteiger partial charge in [-0.1, -0.05) is 47.5 Å². The first kappa shape index (κ1) is 21.3. The van der Waals surface area contributed by atoms with Gasteiger partial charge >= 0.3 is 5.97 Å². The second-order valence-electron chi connectivity index (χ2n) is 6.76. The van der Waals surface area contributed by atoms with Crippen molar-refractivity contribution in [2.45, 2.75) is 38.4 Å². The molecule has 5 nitrogen and oxygen atoms in total. The maximum absolute atomic E-state index is 11.5. The van der Waals surface area contributed by atoms with Gasteiger partial charge < -0.3 is 19.3 Å². The molecule has 0 aromatic heterocycles. The predicted octanol–water partition coefficient (Wildman–Crippen LogP) is 5.97. The molecule has 0 spiro atoms. The van der Waals surface area contributed by atoms with Crippen LogP contribution in [0.25, 0.3) is 5.57 Å². The predicted molar refractivity (Wildman–Crippen MR) is 113 cm³/mol. The Morgan fingerprint density at radius 3 is 2.45 bits per heavy atom. The van der Waals surface area contributed by atoms with Gasteiger partial charge in [0, 0.05) is 12.1 Å². The Kier molecular flexibility index (Phi) is 7.29. The van der Waals surface area contributed by atoms with Crippen molar-refractivity contribution in [1.82, 2.24) is 0 Å². The molecule has 0 unspecified atom stereocenters. The van der Waals surface area contributed by atoms with Crippen LogP contribution >= 0.6 is 23.2 Å². The van der Waals surface area contributed by atoms with Crippen molar-refractivity contribution < 1.29 is 24.1 Å². The van der Waals surface area contributed by atoms with Crippen LogP contribution in [0.2, 0.25) is 10.0 Å². The average Bonchev–Trinajstić information content (AvgIpc) is 3.21. The van der Waals surface area contributed by atoms with E-state index >= 15 is 0 Å². The molecule has 29 heavy (non-hydrogen) atoms. The van der Waals surface area contributed by atoms with Crippen LogP contribution in [-0.2, 0) is 16.1 Å². The third kappa shape index (κ3) is 5.37. The monoisotopic (exact) mass is 436 g/mol. The van der Waals surface area contributed by atoms with Crippen LogP contribution in [0.5, 0.6) is 11.5 Å². The van der Waals surface area contributed by atoms with Gasteiger partial charge in [-0.05, 0) is 36.8 Å². The summed E-state index contributed by atoms with van der Waals surface area (Å²) in [4.78, 5) is 11.5. The van der Waals surface area contributed by atoms with E-state index in [1.165, 1.54) is 13.4 Å². The van der Waals surface area contributed by atoms with E-state index in [1.807, 2.05) is 6.07 Å². The van der Waals surface area contributed by atoms with Gasteiger partial charge in [-0.15, -0.1) is 0 Å². The van der Waals surface area contributed by atoms with E-state index < -0.39 is 5.97 Å². The summed E-state index contributed by atoms with van der Waals surface area (Å²) in [6, 6.07) is 10.4. The van der Waals surface area contributed by atoms with Gasteiger partial charge in [0.25, 0.3) is 0 Å². The number of carbonyl (C=O) groups is 1. The molecule has 1 fully saturated rings. The third-order valence-electron chi connectivity index (χ3n) is 4.73. The number of benzene rings is 2. The van der Waals surface area contributed by atoms with Gasteiger partial charge in [-0.3, -0.25) is 0 Å². The summed E-state index contributed by atoms with van der Waals surface area (Å²) in [5.74, 6) is -0.135. The lowest BCUT2D eigenvalue weighted by atomic mass is 10.0. The molecule has 0 heterocycles. The lowest BCUT2D eigenvalue weighted by Crippen LogP contribution is -2.11. The van der Waals surface area contributed by atoms with Crippen molar-refractivity contribution in [3.8, 4) is 11.5 Å². The highest BCUT2D eigenvalue weighted by Crippen LogP contribution is 2.39. The van der Waals surface area contributed by atoms with Crippen LogP contribution in [0.15, 0.2) is 42.7 Å². The van der Waals surface area contributed by atoms with Crippen molar-refractivity contribution in [3.05, 3.63) is 63.8 Å². The topological polar surface area (TPSA) is 65.0 Å². The highest BCUT2D eigenvalue weighted by Gasteiger charge is 2.20. The maximum atomic E-state index is 11.5. The minimum Gasteiger partial charge on any atom is -0.503 e. The fourth-order valence-corrected chi connectivity index (χ4v) is 3.88. The van der Waals surface area contributed by atoms with Gasteiger partial charge in [0.15, 0.2) is 5.75 Å². The second kappa shape index (κ2) is 9.90. The van der Waals surface area contributed by atoms with E-state index in [4.69, 9.17) is 37.4 Å². The highest BCUT2D eigenvalue weighted by atomic mass is 35.5. The molecular weight excluding hydrogens is 415 g/mol. The van der Waals surface area contributed by atoms with Crippen LogP contribution in [-0.4, -0.2) is 24.3 Å². The number of carboxylic acid groups (broad SMARTS) is 1. The summed E-state index contributed by atoms with van der Waals surface area (Å²) >= 11 is 12.7. The summed E-state index contributed by atoms with van der Waals surface area (Å²) in [5.41, 5.74) is 1.25. The first-order valence-electron chi connectivity index (χ1n) is 9.32. The molecule has 0 amide bonds. The summed E-state index contributed by atoms with van der Waals surface area (Å²) in [5, 5.41) is 10.2. The minimum absolute atomic E-state index is 0.0445. The lowest BCUT2D eigenvalue weighted by molar-refractivity contribution is -0.130. The van der Waals surface area contributed by atoms with E-state index in [1.54, 1.807) is 30.3 Å². The second-order valence-corrected chi connectivity index (χ2v) is 7.57. The molecule has 0 saturated heterocycles. The number of aliphatic carboxylic acids is 1. The molecular formula is C22H22Cl2O5. The number of hydrogen-bond donors (Lipinski definition) is 1. The molecule has 2 aromatic rings. The number of rotatable bonds is 8. The molecule has 3 rings (SSSR count). The first-order valence-corrected chi connectivity index (χ1v) is 10.1. The summed E-state index contributed by atoms with van der Waals surface area (Å²) < 4.78 is 16.7. The lowest BCUT2D eigenvalue weighted by Gasteiger charge is -2.17. The molecule has 0 bridgehead atoms. The SMILES string of the molecule is CO/C=C(/C(=O)O)c1ccccc1COc1cc(Cl)c(OC2CCCC2)c(Cl)c1. The zero-order valence-electron chi connectivity index (χ0n) is 16.0. The van der Waals surface area contributed by atoms with E-state index in [9.17, 15) is 9.90 Å². The summed E-state index contributed by atoms with van der Waals surface area (Å²) in [6.45, 7) is 0.139. The van der Waals surface area contributed by atoms with E-state index in [2.05, 4.69) is 0 Å². The standard InChI is InChI=1S/C22H22Cl2O5/c1-27-13-18(22(25)26)17-9-5-2-6-14(17)12-28-16-10-19(23)21(20(24)11-16)29-15-7-3-4-8-15/h2,5-6,9-11,13,15H,3-4,7-8,12H2,1H3,(H,25,26)/b18-13+. The molecule has 1 aliphatic carbocycles. The van der Waals surface area contributed by atoms with Gasteiger partial charge in [0.1, 0.15) is 17.9 Å². The van der Waals surface area contributed by atoms with Crippen molar-refractivity contribution in [2.75, 3.05) is 7.11 Å². The maximum Gasteiger partial charge on any atom is 0.339 e.